The lowest BCUT2D eigenvalue weighted by molar-refractivity contribution is 0.388. The molecule has 0 heterocycles. The number of methoxy groups -OCH3 is 2. The van der Waals surface area contributed by atoms with E-state index in [1.165, 1.54) is 26.4 Å². The van der Waals surface area contributed by atoms with Gasteiger partial charge in [-0.15, -0.1) is 0 Å². The van der Waals surface area contributed by atoms with Crippen molar-refractivity contribution in [1.29, 1.82) is 0 Å². The molecule has 0 saturated heterocycles. The van der Waals surface area contributed by atoms with Crippen LogP contribution >= 0.6 is 0 Å². The van der Waals surface area contributed by atoms with Crippen molar-refractivity contribution in [2.75, 3.05) is 14.2 Å². The van der Waals surface area contributed by atoms with Crippen LogP contribution in [-0.4, -0.2) is 22.6 Å². The molecule has 0 spiro atoms. The molecule has 0 N–H and O–H groups in total. The van der Waals surface area contributed by atoms with Crippen LogP contribution in [0.25, 0.3) is 0 Å². The van der Waals surface area contributed by atoms with Gasteiger partial charge in [0.1, 0.15) is 17.2 Å². The van der Waals surface area contributed by atoms with Gasteiger partial charge in [0, 0.05) is 6.07 Å². The lowest BCUT2D eigenvalue weighted by Crippen LogP contribution is -2.13. The minimum Gasteiger partial charge on any atom is -0.497 e. The molecule has 6 heteroatoms. The molecule has 0 aliphatic heterocycles. The van der Waals surface area contributed by atoms with Crippen LogP contribution in [0.5, 0.6) is 17.2 Å². The highest BCUT2D eigenvalue weighted by molar-refractivity contribution is 7.87. The van der Waals surface area contributed by atoms with E-state index in [4.69, 9.17) is 13.7 Å². The number of benzene rings is 2. The zero-order valence-electron chi connectivity index (χ0n) is 14.5. The van der Waals surface area contributed by atoms with Crippen molar-refractivity contribution in [3.8, 4) is 17.2 Å². The predicted octanol–water partition coefficient (Wildman–Crippen LogP) is 3.90. The third-order valence-electron chi connectivity index (χ3n) is 3.63. The lowest BCUT2D eigenvalue weighted by atomic mass is 10.0. The van der Waals surface area contributed by atoms with Crippen molar-refractivity contribution >= 4 is 10.1 Å². The first-order chi connectivity index (χ1) is 11.3. The van der Waals surface area contributed by atoms with E-state index < -0.39 is 10.1 Å². The van der Waals surface area contributed by atoms with Gasteiger partial charge in [0.25, 0.3) is 0 Å². The van der Waals surface area contributed by atoms with E-state index >= 15 is 0 Å². The molecule has 0 aliphatic rings. The molecule has 0 aromatic heterocycles. The maximum absolute atomic E-state index is 12.8. The summed E-state index contributed by atoms with van der Waals surface area (Å²) in [6, 6.07) is 10.1. The molecule has 0 fully saturated rings. The van der Waals surface area contributed by atoms with Crippen molar-refractivity contribution in [3.05, 3.63) is 47.5 Å². The molecular weight excluding hydrogens is 328 g/mol. The molecule has 24 heavy (non-hydrogen) atoms. The van der Waals surface area contributed by atoms with Crippen molar-refractivity contribution in [2.45, 2.75) is 31.6 Å². The summed E-state index contributed by atoms with van der Waals surface area (Å²) >= 11 is 0. The first kappa shape index (κ1) is 18.1. The van der Waals surface area contributed by atoms with Gasteiger partial charge in [-0.05, 0) is 42.2 Å². The third-order valence-corrected chi connectivity index (χ3v) is 4.89. The minimum absolute atomic E-state index is 0.0689. The van der Waals surface area contributed by atoms with E-state index in [0.717, 1.165) is 11.1 Å². The molecule has 0 radical (unpaired) electrons. The Kier molecular flexibility index (Phi) is 5.39. The van der Waals surface area contributed by atoms with Gasteiger partial charge in [-0.2, -0.15) is 8.42 Å². The van der Waals surface area contributed by atoms with Crippen LogP contribution in [0.15, 0.2) is 41.3 Å². The second-order valence-corrected chi connectivity index (χ2v) is 7.26. The molecule has 0 unspecified atom stereocenters. The SMILES string of the molecule is COc1ccc(OC)c(S(=O)(=O)Oc2cc(C)ccc2C(C)C)c1. The summed E-state index contributed by atoms with van der Waals surface area (Å²) in [5.41, 5.74) is 1.74. The van der Waals surface area contributed by atoms with E-state index in [1.807, 2.05) is 32.9 Å². The lowest BCUT2D eigenvalue weighted by Gasteiger charge is -2.16. The Morgan fingerprint density at radius 1 is 0.917 bits per heavy atom. The molecule has 0 saturated carbocycles. The second-order valence-electron chi connectivity index (χ2n) is 5.75. The summed E-state index contributed by atoms with van der Waals surface area (Å²) in [6.07, 6.45) is 0. The van der Waals surface area contributed by atoms with Crippen LogP contribution in [-0.2, 0) is 10.1 Å². The standard InChI is InChI=1S/C18H22O5S/c1-12(2)15-8-6-13(3)10-17(15)23-24(19,20)18-11-14(21-4)7-9-16(18)22-5/h6-12H,1-5H3. The van der Waals surface area contributed by atoms with Crippen molar-refractivity contribution in [3.63, 3.8) is 0 Å². The predicted molar refractivity (Wildman–Crippen MR) is 92.6 cm³/mol. The number of hydrogen-bond acceptors (Lipinski definition) is 5. The van der Waals surface area contributed by atoms with E-state index in [1.54, 1.807) is 12.1 Å². The van der Waals surface area contributed by atoms with Crippen molar-refractivity contribution in [2.24, 2.45) is 0 Å². The van der Waals surface area contributed by atoms with Gasteiger partial charge in [-0.1, -0.05) is 26.0 Å². The van der Waals surface area contributed by atoms with Gasteiger partial charge in [0.2, 0.25) is 0 Å². The molecule has 0 bridgehead atoms. The highest BCUT2D eigenvalue weighted by Gasteiger charge is 2.24. The van der Waals surface area contributed by atoms with E-state index in [-0.39, 0.29) is 16.6 Å². The van der Waals surface area contributed by atoms with Gasteiger partial charge in [0.05, 0.1) is 14.2 Å². The summed E-state index contributed by atoms with van der Waals surface area (Å²) in [7, 11) is -1.19. The minimum atomic E-state index is -4.07. The summed E-state index contributed by atoms with van der Waals surface area (Å²) in [4.78, 5) is -0.0689. The average Bonchev–Trinajstić information content (AvgIpc) is 2.53. The first-order valence-corrected chi connectivity index (χ1v) is 8.96. The van der Waals surface area contributed by atoms with Crippen LogP contribution in [0.3, 0.4) is 0 Å². The average molecular weight is 350 g/mol. The van der Waals surface area contributed by atoms with Crippen LogP contribution in [0.4, 0.5) is 0 Å². The zero-order valence-corrected chi connectivity index (χ0v) is 15.3. The van der Waals surface area contributed by atoms with Crippen LogP contribution in [0, 0.1) is 6.92 Å². The summed E-state index contributed by atoms with van der Waals surface area (Å²) in [6.45, 7) is 5.85. The van der Waals surface area contributed by atoms with E-state index in [0.29, 0.717) is 11.5 Å². The van der Waals surface area contributed by atoms with Crippen molar-refractivity contribution in [1.82, 2.24) is 0 Å². The summed E-state index contributed by atoms with van der Waals surface area (Å²) in [5.74, 6) is 1.07. The number of rotatable bonds is 6. The highest BCUT2D eigenvalue weighted by atomic mass is 32.2. The maximum Gasteiger partial charge on any atom is 0.343 e. The number of ether oxygens (including phenoxy) is 2. The first-order valence-electron chi connectivity index (χ1n) is 7.55. The zero-order chi connectivity index (χ0) is 17.9. The van der Waals surface area contributed by atoms with Crippen LogP contribution in [0.1, 0.15) is 30.9 Å². The fourth-order valence-corrected chi connectivity index (χ4v) is 3.46. The summed E-state index contributed by atoms with van der Waals surface area (Å²) < 4.78 is 41.3. The molecule has 130 valence electrons. The normalized spacial score (nSPS) is 11.4. The van der Waals surface area contributed by atoms with E-state index in [9.17, 15) is 8.42 Å². The Balaban J connectivity index is 2.52. The molecule has 0 aliphatic carbocycles. The Morgan fingerprint density at radius 2 is 1.62 bits per heavy atom. The Labute approximate surface area is 143 Å². The van der Waals surface area contributed by atoms with Crippen LogP contribution < -0.4 is 13.7 Å². The molecular formula is C18H22O5S. The van der Waals surface area contributed by atoms with Crippen molar-refractivity contribution < 1.29 is 22.1 Å². The largest absolute Gasteiger partial charge is 0.497 e. The van der Waals surface area contributed by atoms with Gasteiger partial charge >= 0.3 is 10.1 Å². The smallest absolute Gasteiger partial charge is 0.343 e. The third kappa shape index (κ3) is 3.82. The molecule has 0 atom stereocenters. The maximum atomic E-state index is 12.8. The fraction of sp³-hybridized carbons (Fsp3) is 0.333. The molecule has 5 nitrogen and oxygen atoms in total. The summed E-state index contributed by atoms with van der Waals surface area (Å²) in [5, 5.41) is 0. The highest BCUT2D eigenvalue weighted by Crippen LogP contribution is 2.33. The second kappa shape index (κ2) is 7.13. The van der Waals surface area contributed by atoms with E-state index in [2.05, 4.69) is 0 Å². The molecule has 0 amide bonds. The van der Waals surface area contributed by atoms with Gasteiger partial charge in [-0.3, -0.25) is 0 Å². The van der Waals surface area contributed by atoms with Gasteiger partial charge in [-0.25, -0.2) is 0 Å². The Hall–Kier alpha value is -2.21. The number of aryl methyl sites for hydroxylation is 1. The van der Waals surface area contributed by atoms with Gasteiger partial charge < -0.3 is 13.7 Å². The quantitative estimate of drug-likeness (QED) is 0.739. The molecule has 2 aromatic carbocycles. The number of hydrogen-bond donors (Lipinski definition) is 0. The monoisotopic (exact) mass is 350 g/mol. The molecule has 2 rings (SSSR count). The Morgan fingerprint density at radius 3 is 2.21 bits per heavy atom. The topological polar surface area (TPSA) is 61.8 Å². The van der Waals surface area contributed by atoms with Crippen LogP contribution in [0.2, 0.25) is 0 Å². The Bertz CT molecular complexity index is 825. The van der Waals surface area contributed by atoms with Gasteiger partial charge in [0.15, 0.2) is 4.90 Å². The fourth-order valence-electron chi connectivity index (χ4n) is 2.33. The molecule has 2 aromatic rings.